The van der Waals surface area contributed by atoms with Crippen LogP contribution in [0.5, 0.6) is 5.75 Å². The summed E-state index contributed by atoms with van der Waals surface area (Å²) in [7, 11) is 2.26. The zero-order valence-corrected chi connectivity index (χ0v) is 24.5. The van der Waals surface area contributed by atoms with Crippen molar-refractivity contribution >= 4 is 5.97 Å². The van der Waals surface area contributed by atoms with E-state index < -0.39 is 0 Å². The molecule has 1 fully saturated rings. The lowest BCUT2D eigenvalue weighted by atomic mass is 10.0. The first kappa shape index (κ1) is 31.7. The van der Waals surface area contributed by atoms with Crippen LogP contribution >= 0.6 is 0 Å². The number of benzene rings is 1. The highest BCUT2D eigenvalue weighted by Crippen LogP contribution is 2.18. The smallest absolute Gasteiger partial charge is 0.310 e. The topological polar surface area (TPSA) is 35.5 Å². The third kappa shape index (κ3) is 16.1. The van der Waals surface area contributed by atoms with Gasteiger partial charge in [-0.1, -0.05) is 115 Å². The molecule has 0 radical (unpaired) electrons. The van der Waals surface area contributed by atoms with Crippen LogP contribution < -0.4 is 4.74 Å². The summed E-state index contributed by atoms with van der Waals surface area (Å²) >= 11 is 0. The highest BCUT2D eigenvalue weighted by molar-refractivity contribution is 5.72. The minimum Gasteiger partial charge on any atom is -0.494 e. The Morgan fingerprint density at radius 2 is 1.30 bits per heavy atom. The van der Waals surface area contributed by atoms with Crippen LogP contribution in [0.4, 0.5) is 0 Å². The maximum Gasteiger partial charge on any atom is 0.310 e. The van der Waals surface area contributed by atoms with Gasteiger partial charge in [-0.3, -0.25) is 4.79 Å². The molecule has 0 bridgehead atoms. The van der Waals surface area contributed by atoms with E-state index in [2.05, 4.69) is 14.0 Å². The number of rotatable bonds is 23. The van der Waals surface area contributed by atoms with E-state index in [1.165, 1.54) is 122 Å². The number of ether oxygens (including phenoxy) is 2. The fourth-order valence-electron chi connectivity index (χ4n) is 5.51. The number of likely N-dealkylation sites (tertiary alicyclic amines) is 1. The molecule has 212 valence electrons. The van der Waals surface area contributed by atoms with Crippen molar-refractivity contribution in [3.8, 4) is 5.75 Å². The molecular weight excluding hydrogens is 458 g/mol. The highest BCUT2D eigenvalue weighted by Gasteiger charge is 2.26. The molecule has 1 aliphatic heterocycles. The molecule has 1 saturated heterocycles. The van der Waals surface area contributed by atoms with Crippen molar-refractivity contribution in [2.24, 2.45) is 0 Å². The summed E-state index contributed by atoms with van der Waals surface area (Å²) in [5, 5.41) is 0. The van der Waals surface area contributed by atoms with E-state index >= 15 is 0 Å². The zero-order chi connectivity index (χ0) is 26.4. The maximum absolute atomic E-state index is 12.3. The first-order chi connectivity index (χ1) is 18.1. The average Bonchev–Trinajstić information content (AvgIpc) is 3.32. The van der Waals surface area contributed by atoms with Gasteiger partial charge < -0.3 is 14.0 Å². The van der Waals surface area contributed by atoms with Crippen molar-refractivity contribution in [2.45, 2.75) is 129 Å². The van der Waals surface area contributed by atoms with Crippen LogP contribution in [-0.2, 0) is 16.0 Å². The van der Waals surface area contributed by atoms with E-state index in [-0.39, 0.29) is 5.97 Å². The van der Waals surface area contributed by atoms with E-state index in [9.17, 15) is 4.79 Å². The second-order valence-corrected chi connectivity index (χ2v) is 11.7. The largest absolute Gasteiger partial charge is 0.494 e. The first-order valence-corrected chi connectivity index (χ1v) is 15.8. The Balaban J connectivity index is 1.40. The maximum atomic E-state index is 12.3. The molecule has 4 nitrogen and oxygen atoms in total. The van der Waals surface area contributed by atoms with Crippen LogP contribution in [0, 0.1) is 0 Å². The lowest BCUT2D eigenvalue weighted by molar-refractivity contribution is -0.897. The second-order valence-electron chi connectivity index (χ2n) is 11.7. The number of quaternary nitrogens is 1. The molecule has 2 rings (SSSR count). The van der Waals surface area contributed by atoms with E-state index in [1.54, 1.807) is 0 Å². The van der Waals surface area contributed by atoms with E-state index in [4.69, 9.17) is 9.47 Å². The molecule has 0 atom stereocenters. The molecule has 4 heteroatoms. The standard InChI is InChI=1S/C33H58NO3/c1-3-4-5-6-7-8-9-10-11-12-13-14-15-16-17-20-27-36-32-23-21-22-31(29-32)30-33(35)37-28-26-34(2)24-18-19-25-34/h21-23,29H,3-20,24-28,30H2,1-2H3/q+1. The molecule has 1 heterocycles. The molecule has 0 unspecified atom stereocenters. The predicted octanol–water partition coefficient (Wildman–Crippen LogP) is 8.65. The number of carbonyl (C=O) groups excluding carboxylic acids is 1. The van der Waals surface area contributed by atoms with E-state index in [1.807, 2.05) is 24.3 Å². The summed E-state index contributed by atoms with van der Waals surface area (Å²) in [4.78, 5) is 12.3. The third-order valence-electron chi connectivity index (χ3n) is 8.05. The van der Waals surface area contributed by atoms with Crippen LogP contribution in [-0.4, -0.2) is 50.3 Å². The number of likely N-dealkylation sites (N-methyl/N-ethyl adjacent to an activating group) is 1. The van der Waals surface area contributed by atoms with Crippen molar-refractivity contribution in [1.82, 2.24) is 0 Å². The second kappa shape index (κ2) is 20.4. The normalized spacial score (nSPS) is 14.6. The Kier molecular flexibility index (Phi) is 17.5. The Labute approximate surface area is 229 Å². The average molecular weight is 517 g/mol. The van der Waals surface area contributed by atoms with Gasteiger partial charge in [0.15, 0.2) is 0 Å². The van der Waals surface area contributed by atoms with Gasteiger partial charge in [0.05, 0.1) is 33.2 Å². The summed E-state index contributed by atoms with van der Waals surface area (Å²) in [5.41, 5.74) is 0.969. The Morgan fingerprint density at radius 3 is 1.86 bits per heavy atom. The number of unbranched alkanes of at least 4 members (excludes halogenated alkanes) is 15. The van der Waals surface area contributed by atoms with Gasteiger partial charge in [-0.2, -0.15) is 0 Å². The summed E-state index contributed by atoms with van der Waals surface area (Å²) in [6.07, 6.45) is 25.0. The van der Waals surface area contributed by atoms with Crippen molar-refractivity contribution in [2.75, 3.05) is 39.9 Å². The monoisotopic (exact) mass is 516 g/mol. The summed E-state index contributed by atoms with van der Waals surface area (Å²) < 4.78 is 12.5. The fraction of sp³-hybridized carbons (Fsp3) is 0.788. The van der Waals surface area contributed by atoms with Gasteiger partial charge in [-0.05, 0) is 24.1 Å². The van der Waals surface area contributed by atoms with Gasteiger partial charge in [0.25, 0.3) is 0 Å². The summed E-state index contributed by atoms with van der Waals surface area (Å²) in [6, 6.07) is 7.93. The van der Waals surface area contributed by atoms with Gasteiger partial charge in [-0.25, -0.2) is 0 Å². The Morgan fingerprint density at radius 1 is 0.757 bits per heavy atom. The summed E-state index contributed by atoms with van der Waals surface area (Å²) in [5.74, 6) is 0.724. The Bertz CT molecular complexity index is 699. The molecule has 0 N–H and O–H groups in total. The fourth-order valence-corrected chi connectivity index (χ4v) is 5.51. The summed E-state index contributed by atoms with van der Waals surface area (Å²) in [6.45, 7) is 6.89. The molecule has 1 aromatic rings. The molecule has 0 saturated carbocycles. The number of hydrogen-bond acceptors (Lipinski definition) is 3. The number of hydrogen-bond donors (Lipinski definition) is 0. The molecule has 37 heavy (non-hydrogen) atoms. The minimum atomic E-state index is -0.138. The molecule has 0 spiro atoms. The first-order valence-electron chi connectivity index (χ1n) is 15.8. The van der Waals surface area contributed by atoms with Crippen molar-refractivity contribution < 1.29 is 18.8 Å². The van der Waals surface area contributed by atoms with Crippen LogP contribution in [0.1, 0.15) is 128 Å². The van der Waals surface area contributed by atoms with Crippen molar-refractivity contribution in [3.05, 3.63) is 29.8 Å². The van der Waals surface area contributed by atoms with Gasteiger partial charge in [-0.15, -0.1) is 0 Å². The quantitative estimate of drug-likeness (QED) is 0.0829. The number of carbonyl (C=O) groups is 1. The SMILES string of the molecule is CCCCCCCCCCCCCCCCCCOc1cccc(CC(=O)OCC[N+]2(C)CCCC2)c1. The van der Waals surface area contributed by atoms with Crippen molar-refractivity contribution in [3.63, 3.8) is 0 Å². The lowest BCUT2D eigenvalue weighted by Gasteiger charge is -2.28. The Hall–Kier alpha value is -1.55. The molecule has 0 aromatic heterocycles. The molecule has 0 aliphatic carbocycles. The lowest BCUT2D eigenvalue weighted by Crippen LogP contribution is -2.43. The van der Waals surface area contributed by atoms with Crippen molar-refractivity contribution in [1.29, 1.82) is 0 Å². The molecule has 0 amide bonds. The predicted molar refractivity (Wildman–Crippen MR) is 156 cm³/mol. The minimum absolute atomic E-state index is 0.138. The molecular formula is C33H58NO3+. The molecule has 1 aromatic carbocycles. The molecule has 1 aliphatic rings. The van der Waals surface area contributed by atoms with E-state index in [0.717, 1.165) is 35.4 Å². The number of nitrogens with zero attached hydrogens (tertiary/aromatic N) is 1. The zero-order valence-electron chi connectivity index (χ0n) is 24.5. The third-order valence-corrected chi connectivity index (χ3v) is 8.05. The van der Waals surface area contributed by atoms with Gasteiger partial charge in [0.1, 0.15) is 18.9 Å². The van der Waals surface area contributed by atoms with Gasteiger partial charge >= 0.3 is 5.97 Å². The van der Waals surface area contributed by atoms with Crippen LogP contribution in [0.25, 0.3) is 0 Å². The van der Waals surface area contributed by atoms with E-state index in [0.29, 0.717) is 13.0 Å². The van der Waals surface area contributed by atoms with Crippen LogP contribution in [0.15, 0.2) is 24.3 Å². The van der Waals surface area contributed by atoms with Crippen LogP contribution in [0.2, 0.25) is 0 Å². The number of esters is 1. The van der Waals surface area contributed by atoms with Crippen LogP contribution in [0.3, 0.4) is 0 Å². The highest BCUT2D eigenvalue weighted by atomic mass is 16.5. The van der Waals surface area contributed by atoms with Gasteiger partial charge in [0, 0.05) is 12.8 Å². The van der Waals surface area contributed by atoms with Gasteiger partial charge in [0.2, 0.25) is 0 Å².